The van der Waals surface area contributed by atoms with Crippen LogP contribution in [-0.2, 0) is 4.79 Å². The van der Waals surface area contributed by atoms with Crippen molar-refractivity contribution in [3.05, 3.63) is 59.8 Å². The number of ether oxygens (including phenoxy) is 1. The number of carbonyl (C=O) groups is 2. The minimum atomic E-state index is -0.832. The Morgan fingerprint density at radius 2 is 1.71 bits per heavy atom. The van der Waals surface area contributed by atoms with Gasteiger partial charge in [-0.2, -0.15) is 0 Å². The second-order valence-corrected chi connectivity index (χ2v) is 9.00. The van der Waals surface area contributed by atoms with Crippen LogP contribution in [0.3, 0.4) is 0 Å². The van der Waals surface area contributed by atoms with E-state index in [0.29, 0.717) is 6.54 Å². The third-order valence-corrected chi connectivity index (χ3v) is 6.34. The minimum absolute atomic E-state index is 0.0473. The lowest BCUT2D eigenvalue weighted by Crippen LogP contribution is -2.50. The zero-order valence-corrected chi connectivity index (χ0v) is 20.5. The molecule has 3 amide bonds. The number of nitrogens with zero attached hydrogens (tertiary/aromatic N) is 4. The highest BCUT2D eigenvalue weighted by Gasteiger charge is 2.35. The van der Waals surface area contributed by atoms with Crippen LogP contribution in [0.1, 0.15) is 5.56 Å². The first kappa shape index (κ1) is 24.6. The molecule has 2 saturated heterocycles. The average Bonchev–Trinajstić information content (AvgIpc) is 3.12. The van der Waals surface area contributed by atoms with E-state index >= 15 is 0 Å². The third kappa shape index (κ3) is 5.75. The van der Waals surface area contributed by atoms with E-state index in [2.05, 4.69) is 15.1 Å². The molecule has 9 nitrogen and oxygen atoms in total. The summed E-state index contributed by atoms with van der Waals surface area (Å²) in [6.45, 7) is 3.48. The Balaban J connectivity index is 1.30. The second kappa shape index (κ2) is 10.8. The molecule has 0 spiro atoms. The number of aliphatic hydroxyl groups is 1. The van der Waals surface area contributed by atoms with E-state index in [1.165, 1.54) is 0 Å². The molecule has 2 aromatic rings. The number of amides is 3. The van der Waals surface area contributed by atoms with Gasteiger partial charge in [-0.1, -0.05) is 24.3 Å². The molecule has 2 fully saturated rings. The Kier molecular flexibility index (Phi) is 7.57. The van der Waals surface area contributed by atoms with Gasteiger partial charge in [0.15, 0.2) is 0 Å². The van der Waals surface area contributed by atoms with Crippen LogP contribution < -0.4 is 19.9 Å². The number of aliphatic hydroxyl groups excluding tert-OH is 1. The summed E-state index contributed by atoms with van der Waals surface area (Å²) in [6.07, 6.45) is 0.824. The van der Waals surface area contributed by atoms with Crippen molar-refractivity contribution in [1.29, 1.82) is 0 Å². The molecule has 0 saturated carbocycles. The molecule has 0 aromatic heterocycles. The highest BCUT2D eigenvalue weighted by Crippen LogP contribution is 2.28. The molecule has 1 unspecified atom stereocenters. The molecule has 2 aliphatic heterocycles. The van der Waals surface area contributed by atoms with Crippen LogP contribution in [0, 0.1) is 0 Å². The highest BCUT2D eigenvalue weighted by molar-refractivity contribution is 6.14. The Labute approximate surface area is 206 Å². The molecule has 0 radical (unpaired) electrons. The van der Waals surface area contributed by atoms with E-state index in [-0.39, 0.29) is 12.2 Å². The number of para-hydroxylation sites is 2. The Morgan fingerprint density at radius 3 is 2.37 bits per heavy atom. The topological polar surface area (TPSA) is 88.6 Å². The number of methoxy groups -OCH3 is 1. The lowest BCUT2D eigenvalue weighted by Gasteiger charge is -2.37. The predicted molar refractivity (Wildman–Crippen MR) is 137 cm³/mol. The maximum absolute atomic E-state index is 12.8. The van der Waals surface area contributed by atoms with Gasteiger partial charge >= 0.3 is 6.03 Å². The molecule has 4 rings (SSSR count). The van der Waals surface area contributed by atoms with Crippen molar-refractivity contribution in [2.24, 2.45) is 0 Å². The first-order chi connectivity index (χ1) is 16.9. The standard InChI is InChI=1S/C26H33N5O4/c1-28(2)20-10-8-19(9-11-20)16-22-25(33)31(26(34)27-22)18-21(32)17-29-12-14-30(15-13-29)23-6-4-5-7-24(23)35-3/h4-11,16,21,32H,12-15,17-18H2,1-3H3,(H,27,34). The molecule has 2 heterocycles. The van der Waals surface area contributed by atoms with Gasteiger partial charge in [0.1, 0.15) is 11.4 Å². The summed E-state index contributed by atoms with van der Waals surface area (Å²) in [5.74, 6) is 0.420. The van der Waals surface area contributed by atoms with Gasteiger partial charge in [0.25, 0.3) is 5.91 Å². The lowest BCUT2D eigenvalue weighted by molar-refractivity contribution is -0.124. The molecule has 1 atom stereocenters. The fourth-order valence-electron chi connectivity index (χ4n) is 4.40. The van der Waals surface area contributed by atoms with E-state index in [1.807, 2.05) is 67.5 Å². The first-order valence-electron chi connectivity index (χ1n) is 11.8. The van der Waals surface area contributed by atoms with Crippen molar-refractivity contribution >= 4 is 29.4 Å². The first-order valence-corrected chi connectivity index (χ1v) is 11.8. The van der Waals surface area contributed by atoms with Crippen LogP contribution in [-0.4, -0.2) is 93.4 Å². The second-order valence-electron chi connectivity index (χ2n) is 9.00. The molecular formula is C26H33N5O4. The number of hydrogen-bond acceptors (Lipinski definition) is 7. The fraction of sp³-hybridized carbons (Fsp3) is 0.385. The SMILES string of the molecule is COc1ccccc1N1CCN(CC(O)CN2C(=O)NC(=Cc3ccc(N(C)C)cc3)C2=O)CC1. The van der Waals surface area contributed by atoms with Gasteiger partial charge in [0, 0.05) is 52.5 Å². The van der Waals surface area contributed by atoms with Gasteiger partial charge in [-0.25, -0.2) is 4.79 Å². The summed E-state index contributed by atoms with van der Waals surface area (Å²) in [5, 5.41) is 13.3. The van der Waals surface area contributed by atoms with Gasteiger partial charge in [-0.3, -0.25) is 14.6 Å². The van der Waals surface area contributed by atoms with Gasteiger partial charge in [0.2, 0.25) is 0 Å². The summed E-state index contributed by atoms with van der Waals surface area (Å²) in [4.78, 5) is 32.7. The van der Waals surface area contributed by atoms with Crippen LogP contribution in [0.2, 0.25) is 0 Å². The van der Waals surface area contributed by atoms with E-state index in [4.69, 9.17) is 4.74 Å². The van der Waals surface area contributed by atoms with Crippen LogP contribution in [0.25, 0.3) is 6.08 Å². The monoisotopic (exact) mass is 479 g/mol. The predicted octanol–water partition coefficient (Wildman–Crippen LogP) is 1.84. The molecule has 2 aromatic carbocycles. The van der Waals surface area contributed by atoms with E-state index in [9.17, 15) is 14.7 Å². The molecule has 35 heavy (non-hydrogen) atoms. The largest absolute Gasteiger partial charge is 0.495 e. The number of benzene rings is 2. The Hall–Kier alpha value is -3.56. The van der Waals surface area contributed by atoms with Crippen LogP contribution >= 0.6 is 0 Å². The van der Waals surface area contributed by atoms with E-state index in [0.717, 1.165) is 53.8 Å². The molecule has 186 valence electrons. The van der Waals surface area contributed by atoms with Crippen molar-refractivity contribution in [1.82, 2.24) is 15.1 Å². The maximum Gasteiger partial charge on any atom is 0.329 e. The number of hydrogen-bond donors (Lipinski definition) is 2. The number of nitrogens with one attached hydrogen (secondary N) is 1. The molecule has 2 N–H and O–H groups in total. The quantitative estimate of drug-likeness (QED) is 0.441. The van der Waals surface area contributed by atoms with Crippen LogP contribution in [0.5, 0.6) is 5.75 Å². The Bertz CT molecular complexity index is 1080. The van der Waals surface area contributed by atoms with Crippen LogP contribution in [0.4, 0.5) is 16.2 Å². The lowest BCUT2D eigenvalue weighted by atomic mass is 10.1. The summed E-state index contributed by atoms with van der Waals surface area (Å²) in [7, 11) is 5.58. The molecule has 0 bridgehead atoms. The van der Waals surface area contributed by atoms with Crippen molar-refractivity contribution in [3.63, 3.8) is 0 Å². The fourth-order valence-corrected chi connectivity index (χ4v) is 4.40. The van der Waals surface area contributed by atoms with Crippen molar-refractivity contribution in [2.45, 2.75) is 6.10 Å². The molecule has 9 heteroatoms. The third-order valence-electron chi connectivity index (χ3n) is 6.34. The normalized spacial score (nSPS) is 18.7. The smallest absolute Gasteiger partial charge is 0.329 e. The number of piperazine rings is 1. The molecule has 2 aliphatic rings. The number of carbonyl (C=O) groups excluding carboxylic acids is 2. The maximum atomic E-state index is 12.8. The van der Waals surface area contributed by atoms with E-state index in [1.54, 1.807) is 13.2 Å². The van der Waals surface area contributed by atoms with Crippen LogP contribution in [0.15, 0.2) is 54.2 Å². The number of rotatable bonds is 8. The summed E-state index contributed by atoms with van der Waals surface area (Å²) in [5.41, 5.74) is 3.13. The number of β-amino-alcohol motifs (C(OH)–C–C–N with tert-alkyl or cyclic N) is 1. The number of anilines is 2. The highest BCUT2D eigenvalue weighted by atomic mass is 16.5. The zero-order chi connectivity index (χ0) is 24.9. The van der Waals surface area contributed by atoms with Gasteiger partial charge in [-0.15, -0.1) is 0 Å². The summed E-state index contributed by atoms with van der Waals surface area (Å²) >= 11 is 0. The van der Waals surface area contributed by atoms with Crippen molar-refractivity contribution in [2.75, 3.05) is 70.3 Å². The molecular weight excluding hydrogens is 446 g/mol. The Morgan fingerprint density at radius 1 is 1.03 bits per heavy atom. The summed E-state index contributed by atoms with van der Waals surface area (Å²) in [6, 6.07) is 15.1. The van der Waals surface area contributed by atoms with Gasteiger partial charge in [0.05, 0.1) is 25.4 Å². The van der Waals surface area contributed by atoms with Crippen molar-refractivity contribution in [3.8, 4) is 5.75 Å². The number of urea groups is 1. The van der Waals surface area contributed by atoms with Gasteiger partial charge < -0.3 is 25.0 Å². The summed E-state index contributed by atoms with van der Waals surface area (Å²) < 4.78 is 5.47. The molecule has 0 aliphatic carbocycles. The number of imide groups is 1. The minimum Gasteiger partial charge on any atom is -0.495 e. The van der Waals surface area contributed by atoms with Crippen molar-refractivity contribution < 1.29 is 19.4 Å². The van der Waals surface area contributed by atoms with E-state index < -0.39 is 18.0 Å². The zero-order valence-electron chi connectivity index (χ0n) is 20.5. The average molecular weight is 480 g/mol. The van der Waals surface area contributed by atoms with Gasteiger partial charge in [-0.05, 0) is 35.9 Å².